The summed E-state index contributed by atoms with van der Waals surface area (Å²) >= 11 is 0. The van der Waals surface area contributed by atoms with E-state index in [-0.39, 0.29) is 5.91 Å². The highest BCUT2D eigenvalue weighted by Gasteiger charge is 2.33. The van der Waals surface area contributed by atoms with Crippen LogP contribution in [0.3, 0.4) is 0 Å². The summed E-state index contributed by atoms with van der Waals surface area (Å²) in [7, 11) is 0. The largest absolute Gasteiger partial charge is 0.385 e. The Balaban J connectivity index is 1.59. The van der Waals surface area contributed by atoms with Crippen LogP contribution in [0.1, 0.15) is 43.1 Å². The molecule has 6 heteroatoms. The lowest BCUT2D eigenvalue weighted by molar-refractivity contribution is 0.0681. The number of aromatic nitrogens is 2. The minimum atomic E-state index is 0.0747. The van der Waals surface area contributed by atoms with Gasteiger partial charge in [-0.25, -0.2) is 0 Å². The predicted octanol–water partition coefficient (Wildman–Crippen LogP) is 2.70. The molecule has 3 aliphatic heterocycles. The Morgan fingerprint density at radius 1 is 1.28 bits per heavy atom. The van der Waals surface area contributed by atoms with Crippen LogP contribution in [0.15, 0.2) is 18.2 Å². The summed E-state index contributed by atoms with van der Waals surface area (Å²) in [4.78, 5) is 17.7. The van der Waals surface area contributed by atoms with Crippen molar-refractivity contribution < 1.29 is 4.79 Å². The zero-order valence-corrected chi connectivity index (χ0v) is 14.9. The number of benzene rings is 1. The SMILES string of the molecule is CCCCNc1ccc2[nH]nc(C(=O)N3CCN4CCC3CC4)c2c1. The van der Waals surface area contributed by atoms with E-state index in [2.05, 4.69) is 38.3 Å². The number of fused-ring (bicyclic) bond motifs is 5. The van der Waals surface area contributed by atoms with Gasteiger partial charge in [0.25, 0.3) is 5.91 Å². The number of unbranched alkanes of at least 4 members (excludes halogenated alkanes) is 1. The van der Waals surface area contributed by atoms with E-state index < -0.39 is 0 Å². The van der Waals surface area contributed by atoms with E-state index in [4.69, 9.17) is 0 Å². The molecule has 1 amide bonds. The normalized spacial score (nSPS) is 23.0. The lowest BCUT2D eigenvalue weighted by Gasteiger charge is -2.31. The smallest absolute Gasteiger partial charge is 0.275 e. The Kier molecular flexibility index (Phi) is 4.61. The number of nitrogens with one attached hydrogen (secondary N) is 2. The van der Waals surface area contributed by atoms with Crippen LogP contribution >= 0.6 is 0 Å². The van der Waals surface area contributed by atoms with E-state index in [0.717, 1.165) is 75.0 Å². The first-order chi connectivity index (χ1) is 12.3. The molecule has 0 spiro atoms. The Morgan fingerprint density at radius 3 is 2.92 bits per heavy atom. The van der Waals surface area contributed by atoms with Gasteiger partial charge in [0.05, 0.1) is 5.52 Å². The Hall–Kier alpha value is -2.08. The summed E-state index contributed by atoms with van der Waals surface area (Å²) in [5.41, 5.74) is 2.54. The first-order valence-electron chi connectivity index (χ1n) is 9.51. The number of rotatable bonds is 5. The summed E-state index contributed by atoms with van der Waals surface area (Å²) in [5, 5.41) is 11.7. The molecule has 2 N–H and O–H groups in total. The average molecular weight is 341 g/mol. The maximum absolute atomic E-state index is 13.2. The lowest BCUT2D eigenvalue weighted by Crippen LogP contribution is -2.41. The molecule has 4 heterocycles. The minimum Gasteiger partial charge on any atom is -0.385 e. The quantitative estimate of drug-likeness (QED) is 0.821. The number of piperidine rings is 1. The molecule has 0 unspecified atom stereocenters. The van der Waals surface area contributed by atoms with Gasteiger partial charge in [-0.15, -0.1) is 0 Å². The second-order valence-corrected chi connectivity index (χ2v) is 7.18. The van der Waals surface area contributed by atoms with E-state index in [0.29, 0.717) is 11.7 Å². The van der Waals surface area contributed by atoms with Gasteiger partial charge in [0.1, 0.15) is 0 Å². The minimum absolute atomic E-state index is 0.0747. The van der Waals surface area contributed by atoms with Crippen molar-refractivity contribution in [1.29, 1.82) is 0 Å². The molecule has 3 aliphatic rings. The second-order valence-electron chi connectivity index (χ2n) is 7.18. The molecule has 3 fully saturated rings. The molecule has 1 aromatic carbocycles. The molecular formula is C19H27N5O. The zero-order valence-electron chi connectivity index (χ0n) is 14.9. The number of hydrogen-bond donors (Lipinski definition) is 2. The Bertz CT molecular complexity index is 747. The van der Waals surface area contributed by atoms with Gasteiger partial charge in [0.2, 0.25) is 0 Å². The molecule has 0 atom stereocenters. The van der Waals surface area contributed by atoms with E-state index in [1.165, 1.54) is 0 Å². The number of aromatic amines is 1. The van der Waals surface area contributed by atoms with Crippen LogP contribution in [0.25, 0.3) is 10.9 Å². The summed E-state index contributed by atoms with van der Waals surface area (Å²) in [6.07, 6.45) is 4.47. The highest BCUT2D eigenvalue weighted by molar-refractivity contribution is 6.05. The highest BCUT2D eigenvalue weighted by atomic mass is 16.2. The van der Waals surface area contributed by atoms with Crippen LogP contribution in [0.4, 0.5) is 5.69 Å². The maximum Gasteiger partial charge on any atom is 0.275 e. The molecule has 134 valence electrons. The fourth-order valence-electron chi connectivity index (χ4n) is 3.99. The third-order valence-corrected chi connectivity index (χ3v) is 5.54. The second kappa shape index (κ2) is 7.04. The van der Waals surface area contributed by atoms with Crippen LogP contribution in [0, 0.1) is 0 Å². The van der Waals surface area contributed by atoms with Crippen molar-refractivity contribution in [3.63, 3.8) is 0 Å². The molecule has 1 aromatic heterocycles. The van der Waals surface area contributed by atoms with Gasteiger partial charge in [-0.2, -0.15) is 5.10 Å². The van der Waals surface area contributed by atoms with Gasteiger partial charge in [-0.05, 0) is 37.5 Å². The first-order valence-corrected chi connectivity index (χ1v) is 9.51. The van der Waals surface area contributed by atoms with Crippen LogP contribution in [0.2, 0.25) is 0 Å². The van der Waals surface area contributed by atoms with E-state index in [1.54, 1.807) is 0 Å². The number of amides is 1. The molecule has 2 bridgehead atoms. The van der Waals surface area contributed by atoms with Crippen LogP contribution in [-0.2, 0) is 0 Å². The Morgan fingerprint density at radius 2 is 2.12 bits per heavy atom. The van der Waals surface area contributed by atoms with E-state index in [9.17, 15) is 4.79 Å². The number of carbonyl (C=O) groups excluding carboxylic acids is 1. The van der Waals surface area contributed by atoms with E-state index in [1.807, 2.05) is 12.1 Å². The van der Waals surface area contributed by atoms with Crippen molar-refractivity contribution in [2.45, 2.75) is 38.6 Å². The van der Waals surface area contributed by atoms with Crippen LogP contribution in [-0.4, -0.2) is 64.7 Å². The number of hydrogen-bond acceptors (Lipinski definition) is 4. The molecular weight excluding hydrogens is 314 g/mol. The van der Waals surface area contributed by atoms with Crippen molar-refractivity contribution in [2.24, 2.45) is 0 Å². The van der Waals surface area contributed by atoms with Crippen molar-refractivity contribution in [3.8, 4) is 0 Å². The van der Waals surface area contributed by atoms with Gasteiger partial charge in [0.15, 0.2) is 5.69 Å². The molecule has 25 heavy (non-hydrogen) atoms. The van der Waals surface area contributed by atoms with Gasteiger partial charge in [0, 0.05) is 49.8 Å². The number of carbonyl (C=O) groups is 1. The molecule has 0 aliphatic carbocycles. The summed E-state index contributed by atoms with van der Waals surface area (Å²) in [6.45, 7) is 7.15. The number of anilines is 1. The number of H-pyrrole nitrogens is 1. The average Bonchev–Trinajstić information content (AvgIpc) is 2.82. The van der Waals surface area contributed by atoms with E-state index >= 15 is 0 Å². The first kappa shape index (κ1) is 16.4. The molecule has 2 aromatic rings. The molecule has 6 nitrogen and oxygen atoms in total. The van der Waals surface area contributed by atoms with Crippen molar-refractivity contribution in [2.75, 3.05) is 38.0 Å². The summed E-state index contributed by atoms with van der Waals surface area (Å²) in [6, 6.07) is 6.47. The van der Waals surface area contributed by atoms with Crippen molar-refractivity contribution in [3.05, 3.63) is 23.9 Å². The third-order valence-electron chi connectivity index (χ3n) is 5.54. The summed E-state index contributed by atoms with van der Waals surface area (Å²) in [5.74, 6) is 0.0747. The van der Waals surface area contributed by atoms with Gasteiger partial charge in [-0.1, -0.05) is 13.3 Å². The van der Waals surface area contributed by atoms with Gasteiger partial charge < -0.3 is 15.1 Å². The van der Waals surface area contributed by atoms with Crippen molar-refractivity contribution >= 4 is 22.5 Å². The monoisotopic (exact) mass is 341 g/mol. The third kappa shape index (κ3) is 3.23. The van der Waals surface area contributed by atoms with Crippen LogP contribution in [0.5, 0.6) is 0 Å². The predicted molar refractivity (Wildman–Crippen MR) is 100.0 cm³/mol. The Labute approximate surface area is 148 Å². The molecule has 0 saturated carbocycles. The summed E-state index contributed by atoms with van der Waals surface area (Å²) < 4.78 is 0. The fraction of sp³-hybridized carbons (Fsp3) is 0.579. The topological polar surface area (TPSA) is 64.3 Å². The maximum atomic E-state index is 13.2. The number of nitrogens with zero attached hydrogens (tertiary/aromatic N) is 3. The standard InChI is InChI=1S/C19H27N5O/c1-2-3-8-20-14-4-5-17-16(13-14)18(22-21-17)19(25)24-12-11-23-9-6-15(24)7-10-23/h4-5,13,15,20H,2-3,6-12H2,1H3,(H,21,22). The highest BCUT2D eigenvalue weighted by Crippen LogP contribution is 2.26. The van der Waals surface area contributed by atoms with Crippen molar-refractivity contribution in [1.82, 2.24) is 20.0 Å². The van der Waals surface area contributed by atoms with Crippen LogP contribution < -0.4 is 5.32 Å². The molecule has 0 radical (unpaired) electrons. The zero-order chi connectivity index (χ0) is 17.2. The molecule has 3 saturated heterocycles. The lowest BCUT2D eigenvalue weighted by atomic mass is 10.0. The fourth-order valence-corrected chi connectivity index (χ4v) is 3.99. The van der Waals surface area contributed by atoms with Gasteiger partial charge in [-0.3, -0.25) is 9.89 Å². The molecule has 5 rings (SSSR count). The van der Waals surface area contributed by atoms with Gasteiger partial charge >= 0.3 is 0 Å².